The van der Waals surface area contributed by atoms with E-state index in [1.54, 1.807) is 12.4 Å². The molecule has 2 heterocycles. The lowest BCUT2D eigenvalue weighted by Gasteiger charge is -2.14. The summed E-state index contributed by atoms with van der Waals surface area (Å²) in [4.78, 5) is 3.99. The third kappa shape index (κ3) is 2.57. The molecule has 0 aromatic carbocycles. The minimum absolute atomic E-state index is 0.665. The van der Waals surface area contributed by atoms with Crippen LogP contribution in [0.4, 0.5) is 0 Å². The summed E-state index contributed by atoms with van der Waals surface area (Å²) in [7, 11) is 0. The van der Waals surface area contributed by atoms with Crippen molar-refractivity contribution in [3.63, 3.8) is 0 Å². The lowest BCUT2D eigenvalue weighted by atomic mass is 10.2. The Morgan fingerprint density at radius 1 is 1.50 bits per heavy atom. The van der Waals surface area contributed by atoms with Gasteiger partial charge < -0.3 is 10.1 Å². The quantitative estimate of drug-likeness (QED) is 0.731. The van der Waals surface area contributed by atoms with E-state index in [0.29, 0.717) is 6.61 Å². The zero-order valence-electron chi connectivity index (χ0n) is 8.07. The van der Waals surface area contributed by atoms with Crippen LogP contribution in [0.15, 0.2) is 36.2 Å². The number of nitrogens with zero attached hydrogens (tertiary/aromatic N) is 1. The number of hydrogen-bond acceptors (Lipinski definition) is 3. The van der Waals surface area contributed by atoms with Crippen LogP contribution < -0.4 is 10.1 Å². The van der Waals surface area contributed by atoms with Crippen LogP contribution in [0.5, 0.6) is 5.75 Å². The average Bonchev–Trinajstić information content (AvgIpc) is 2.29. The standard InChI is InChI=1S/C11H14N2O/c1-3-10(7-12-5-1)9-14-11-4-2-6-13-8-11/h2-4,6,8,12H,1,5,7,9H2. The van der Waals surface area contributed by atoms with Crippen molar-refractivity contribution < 1.29 is 4.74 Å². The van der Waals surface area contributed by atoms with E-state index in [1.807, 2.05) is 12.1 Å². The molecule has 0 saturated carbocycles. The predicted molar refractivity (Wildman–Crippen MR) is 55.3 cm³/mol. The van der Waals surface area contributed by atoms with Gasteiger partial charge in [-0.1, -0.05) is 6.08 Å². The van der Waals surface area contributed by atoms with Gasteiger partial charge in [-0.05, 0) is 30.7 Å². The summed E-state index contributed by atoms with van der Waals surface area (Å²) in [6, 6.07) is 3.80. The molecule has 1 aromatic rings. The highest BCUT2D eigenvalue weighted by atomic mass is 16.5. The van der Waals surface area contributed by atoms with Crippen LogP contribution in [0.1, 0.15) is 6.42 Å². The van der Waals surface area contributed by atoms with Gasteiger partial charge in [0.2, 0.25) is 0 Å². The SMILES string of the molecule is C1=C(COc2cccnc2)CNCC1. The van der Waals surface area contributed by atoms with E-state index < -0.39 is 0 Å². The Labute approximate surface area is 83.8 Å². The third-order valence-corrected chi connectivity index (χ3v) is 2.16. The van der Waals surface area contributed by atoms with Gasteiger partial charge in [-0.2, -0.15) is 0 Å². The molecule has 1 N–H and O–H groups in total. The minimum atomic E-state index is 0.665. The Morgan fingerprint density at radius 3 is 3.21 bits per heavy atom. The highest BCUT2D eigenvalue weighted by Crippen LogP contribution is 2.09. The summed E-state index contributed by atoms with van der Waals surface area (Å²) in [5.41, 5.74) is 1.32. The molecule has 0 spiro atoms. The van der Waals surface area contributed by atoms with E-state index >= 15 is 0 Å². The second-order valence-electron chi connectivity index (χ2n) is 3.31. The van der Waals surface area contributed by atoms with Crippen LogP contribution in [0.25, 0.3) is 0 Å². The molecule has 2 rings (SSSR count). The minimum Gasteiger partial charge on any atom is -0.488 e. The van der Waals surface area contributed by atoms with Gasteiger partial charge in [-0.15, -0.1) is 0 Å². The fourth-order valence-corrected chi connectivity index (χ4v) is 1.42. The van der Waals surface area contributed by atoms with Gasteiger partial charge >= 0.3 is 0 Å². The number of ether oxygens (including phenoxy) is 1. The maximum Gasteiger partial charge on any atom is 0.138 e. The molecule has 1 aliphatic rings. The van der Waals surface area contributed by atoms with Crippen molar-refractivity contribution in [2.45, 2.75) is 6.42 Å². The summed E-state index contributed by atoms with van der Waals surface area (Å²) in [5, 5.41) is 3.31. The van der Waals surface area contributed by atoms with Gasteiger partial charge in [-0.25, -0.2) is 0 Å². The van der Waals surface area contributed by atoms with Gasteiger partial charge in [0.15, 0.2) is 0 Å². The number of nitrogens with one attached hydrogen (secondary N) is 1. The lowest BCUT2D eigenvalue weighted by molar-refractivity contribution is 0.344. The van der Waals surface area contributed by atoms with Crippen LogP contribution in [0.2, 0.25) is 0 Å². The van der Waals surface area contributed by atoms with E-state index in [1.165, 1.54) is 5.57 Å². The first-order valence-corrected chi connectivity index (χ1v) is 4.86. The molecule has 0 atom stereocenters. The van der Waals surface area contributed by atoms with E-state index in [2.05, 4.69) is 16.4 Å². The fourth-order valence-electron chi connectivity index (χ4n) is 1.42. The molecule has 3 heteroatoms. The highest BCUT2D eigenvalue weighted by Gasteiger charge is 2.02. The first-order valence-electron chi connectivity index (χ1n) is 4.86. The Balaban J connectivity index is 1.85. The van der Waals surface area contributed by atoms with Crippen molar-refractivity contribution in [1.82, 2.24) is 10.3 Å². The second-order valence-corrected chi connectivity index (χ2v) is 3.31. The molecule has 14 heavy (non-hydrogen) atoms. The smallest absolute Gasteiger partial charge is 0.138 e. The molecular formula is C11H14N2O. The van der Waals surface area contributed by atoms with Crippen molar-refractivity contribution in [2.24, 2.45) is 0 Å². The molecule has 0 unspecified atom stereocenters. The number of hydrogen-bond donors (Lipinski definition) is 1. The molecule has 0 fully saturated rings. The molecule has 0 amide bonds. The molecular weight excluding hydrogens is 176 g/mol. The predicted octanol–water partition coefficient (Wildman–Crippen LogP) is 1.38. The van der Waals surface area contributed by atoms with Gasteiger partial charge in [0.25, 0.3) is 0 Å². The first-order chi connectivity index (χ1) is 6.95. The van der Waals surface area contributed by atoms with Gasteiger partial charge in [0.05, 0.1) is 6.20 Å². The number of pyridine rings is 1. The van der Waals surface area contributed by atoms with E-state index in [4.69, 9.17) is 4.74 Å². The first kappa shape index (κ1) is 9.21. The number of rotatable bonds is 3. The van der Waals surface area contributed by atoms with Gasteiger partial charge in [0, 0.05) is 12.7 Å². The molecule has 74 valence electrons. The van der Waals surface area contributed by atoms with Crippen molar-refractivity contribution in [3.8, 4) is 5.75 Å². The van der Waals surface area contributed by atoms with Gasteiger partial charge in [0.1, 0.15) is 12.4 Å². The van der Waals surface area contributed by atoms with E-state index in [-0.39, 0.29) is 0 Å². The Bertz CT molecular complexity index is 308. The zero-order chi connectivity index (χ0) is 9.64. The molecule has 0 bridgehead atoms. The Hall–Kier alpha value is -1.35. The normalized spacial score (nSPS) is 16.1. The van der Waals surface area contributed by atoms with Crippen molar-refractivity contribution in [1.29, 1.82) is 0 Å². The maximum atomic E-state index is 5.57. The molecule has 0 radical (unpaired) electrons. The average molecular weight is 190 g/mol. The largest absolute Gasteiger partial charge is 0.488 e. The molecule has 1 aliphatic heterocycles. The summed E-state index contributed by atoms with van der Waals surface area (Å²) in [6.07, 6.45) is 6.82. The summed E-state index contributed by atoms with van der Waals surface area (Å²) < 4.78 is 5.57. The summed E-state index contributed by atoms with van der Waals surface area (Å²) >= 11 is 0. The maximum absolute atomic E-state index is 5.57. The van der Waals surface area contributed by atoms with Gasteiger partial charge in [-0.3, -0.25) is 4.98 Å². The topological polar surface area (TPSA) is 34.1 Å². The zero-order valence-corrected chi connectivity index (χ0v) is 8.07. The lowest BCUT2D eigenvalue weighted by Crippen LogP contribution is -2.24. The monoisotopic (exact) mass is 190 g/mol. The van der Waals surface area contributed by atoms with Crippen molar-refractivity contribution >= 4 is 0 Å². The van der Waals surface area contributed by atoms with Crippen molar-refractivity contribution in [2.75, 3.05) is 19.7 Å². The Kier molecular flexibility index (Phi) is 3.14. The molecule has 1 aromatic heterocycles. The Morgan fingerprint density at radius 2 is 2.50 bits per heavy atom. The third-order valence-electron chi connectivity index (χ3n) is 2.16. The van der Waals surface area contributed by atoms with Crippen LogP contribution >= 0.6 is 0 Å². The van der Waals surface area contributed by atoms with Crippen LogP contribution in [0, 0.1) is 0 Å². The molecule has 3 nitrogen and oxygen atoms in total. The molecule has 0 aliphatic carbocycles. The summed E-state index contributed by atoms with van der Waals surface area (Å²) in [6.45, 7) is 2.69. The summed E-state index contributed by atoms with van der Waals surface area (Å²) in [5.74, 6) is 0.832. The van der Waals surface area contributed by atoms with Crippen LogP contribution in [0.3, 0.4) is 0 Å². The molecule has 0 saturated heterocycles. The van der Waals surface area contributed by atoms with E-state index in [0.717, 1.165) is 25.3 Å². The highest BCUT2D eigenvalue weighted by molar-refractivity contribution is 5.17. The van der Waals surface area contributed by atoms with Crippen LogP contribution in [-0.2, 0) is 0 Å². The fraction of sp³-hybridized carbons (Fsp3) is 0.364. The van der Waals surface area contributed by atoms with Crippen LogP contribution in [-0.4, -0.2) is 24.7 Å². The second kappa shape index (κ2) is 4.77. The van der Waals surface area contributed by atoms with Crippen molar-refractivity contribution in [3.05, 3.63) is 36.2 Å². The number of aromatic nitrogens is 1. The van der Waals surface area contributed by atoms with E-state index in [9.17, 15) is 0 Å².